The molecule has 7 rings (SSSR count). The van der Waals surface area contributed by atoms with Crippen LogP contribution in [0.5, 0.6) is 0 Å². The fourth-order valence-electron chi connectivity index (χ4n) is 5.71. The molecular formula is C34H40N10O3S. The van der Waals surface area contributed by atoms with Gasteiger partial charge in [0.15, 0.2) is 0 Å². The highest BCUT2D eigenvalue weighted by Gasteiger charge is 2.23. The van der Waals surface area contributed by atoms with Crippen LogP contribution in [-0.2, 0) is 29.1 Å². The van der Waals surface area contributed by atoms with E-state index in [0.29, 0.717) is 19.4 Å². The van der Waals surface area contributed by atoms with E-state index in [1.54, 1.807) is 27.3 Å². The smallest absolute Gasteiger partial charge is 0.303 e. The highest BCUT2D eigenvalue weighted by molar-refractivity contribution is 7.18. The molecule has 4 aromatic heterocycles. The first kappa shape index (κ1) is 32.9. The average molecular weight is 669 g/mol. The van der Waals surface area contributed by atoms with Crippen LogP contribution in [0.15, 0.2) is 60.9 Å². The van der Waals surface area contributed by atoms with Gasteiger partial charge in [-0.25, -0.2) is 9.97 Å². The van der Waals surface area contributed by atoms with E-state index in [0.717, 1.165) is 96.5 Å². The lowest BCUT2D eigenvalue weighted by Gasteiger charge is -2.35. The number of amides is 1. The number of carboxylic acids is 1. The Kier molecular flexibility index (Phi) is 10.8. The van der Waals surface area contributed by atoms with Gasteiger partial charge >= 0.3 is 5.97 Å². The van der Waals surface area contributed by atoms with Crippen molar-refractivity contribution in [3.05, 3.63) is 65.8 Å². The lowest BCUT2D eigenvalue weighted by atomic mass is 10.2. The quantitative estimate of drug-likeness (QED) is 0.173. The maximum atomic E-state index is 12.7. The summed E-state index contributed by atoms with van der Waals surface area (Å²) in [6.07, 6.45) is 6.63. The van der Waals surface area contributed by atoms with Crippen LogP contribution in [0.4, 0.5) is 5.82 Å². The molecule has 1 fully saturated rings. The van der Waals surface area contributed by atoms with Crippen molar-refractivity contribution in [2.75, 3.05) is 31.1 Å². The van der Waals surface area contributed by atoms with Crippen molar-refractivity contribution in [2.24, 2.45) is 0 Å². The third kappa shape index (κ3) is 8.29. The van der Waals surface area contributed by atoms with E-state index in [2.05, 4.69) is 48.3 Å². The highest BCUT2D eigenvalue weighted by atomic mass is 32.1. The van der Waals surface area contributed by atoms with E-state index >= 15 is 0 Å². The molecule has 1 amide bonds. The number of unbranched alkanes of at least 4 members (excludes halogenated alkanes) is 2. The van der Waals surface area contributed by atoms with Gasteiger partial charge in [-0.15, -0.1) is 11.3 Å². The molecule has 0 bridgehead atoms. The van der Waals surface area contributed by atoms with E-state index in [4.69, 9.17) is 5.11 Å². The number of piperazine rings is 1. The molecule has 0 unspecified atom stereocenters. The Bertz CT molecular complexity index is 1910. The van der Waals surface area contributed by atoms with Crippen LogP contribution in [-0.4, -0.2) is 88.0 Å². The Labute approximate surface area is 282 Å². The standard InChI is InChI=1S/C23H27N7OS.C11H13N3O2/c1-2-17-15-18-22(24-16-25-23(18)32-17)29-13-11-28(12-14-29)21(31)9-5-6-10-30-26-19-7-3-4-8-20(19)27-30;15-11(16)7-3-4-8-14-12-9-5-1-2-6-10(9)13-14/h3-4,7-8,15-16H,2,5-6,9-14H2,1H3;1-2,5-6H,3-4,7-8H2,(H,15,16). The van der Waals surface area contributed by atoms with Gasteiger partial charge in [-0.05, 0) is 62.4 Å². The summed E-state index contributed by atoms with van der Waals surface area (Å²) >= 11 is 1.74. The van der Waals surface area contributed by atoms with Gasteiger partial charge in [0.2, 0.25) is 5.91 Å². The first-order valence-corrected chi connectivity index (χ1v) is 17.4. The molecule has 6 aromatic rings. The molecular weight excluding hydrogens is 629 g/mol. The van der Waals surface area contributed by atoms with Crippen molar-refractivity contribution in [1.82, 2.24) is 44.9 Å². The van der Waals surface area contributed by atoms with E-state index in [1.807, 2.05) is 53.4 Å². The zero-order chi connectivity index (χ0) is 33.3. The lowest BCUT2D eigenvalue weighted by molar-refractivity contribution is -0.137. The molecule has 0 aliphatic carbocycles. The largest absolute Gasteiger partial charge is 0.481 e. The lowest BCUT2D eigenvalue weighted by Crippen LogP contribution is -2.49. The van der Waals surface area contributed by atoms with E-state index in [1.165, 1.54) is 4.88 Å². The molecule has 48 heavy (non-hydrogen) atoms. The second-order valence-electron chi connectivity index (χ2n) is 11.7. The van der Waals surface area contributed by atoms with Crippen molar-refractivity contribution in [1.29, 1.82) is 0 Å². The normalized spacial score (nSPS) is 13.3. The SMILES string of the molecule is CCc1cc2c(N3CCN(C(=O)CCCCn4nc5ccccc5n4)CC3)ncnc2s1.O=C(O)CCCCn1nc2ccccc2n1. The summed E-state index contributed by atoms with van der Waals surface area (Å²) in [5.74, 6) is 0.482. The van der Waals surface area contributed by atoms with Gasteiger partial charge in [-0.1, -0.05) is 31.2 Å². The summed E-state index contributed by atoms with van der Waals surface area (Å²) < 4.78 is 0. The van der Waals surface area contributed by atoms with Crippen molar-refractivity contribution in [2.45, 2.75) is 65.0 Å². The predicted molar refractivity (Wildman–Crippen MR) is 186 cm³/mol. The number of carbonyl (C=O) groups is 2. The highest BCUT2D eigenvalue weighted by Crippen LogP contribution is 2.31. The van der Waals surface area contributed by atoms with Crippen LogP contribution in [0.25, 0.3) is 32.3 Å². The minimum atomic E-state index is -0.751. The molecule has 250 valence electrons. The van der Waals surface area contributed by atoms with E-state index in [-0.39, 0.29) is 12.3 Å². The van der Waals surface area contributed by atoms with Crippen LogP contribution in [0.2, 0.25) is 0 Å². The van der Waals surface area contributed by atoms with Crippen LogP contribution >= 0.6 is 11.3 Å². The van der Waals surface area contributed by atoms with Crippen LogP contribution in [0.1, 0.15) is 50.3 Å². The maximum absolute atomic E-state index is 12.7. The Balaban J connectivity index is 0.000000211. The predicted octanol–water partition coefficient (Wildman–Crippen LogP) is 5.20. The first-order chi connectivity index (χ1) is 23.5. The van der Waals surface area contributed by atoms with Gasteiger partial charge in [0.25, 0.3) is 0 Å². The molecule has 1 aliphatic heterocycles. The maximum Gasteiger partial charge on any atom is 0.303 e. The number of hydrogen-bond acceptors (Lipinski definition) is 10. The third-order valence-corrected chi connectivity index (χ3v) is 9.48. The monoisotopic (exact) mass is 668 g/mol. The fraction of sp³-hybridized carbons (Fsp3) is 0.412. The second kappa shape index (κ2) is 15.7. The topological polar surface area (TPSA) is 148 Å². The number of benzene rings is 2. The van der Waals surface area contributed by atoms with Crippen molar-refractivity contribution >= 4 is 61.3 Å². The number of fused-ring (bicyclic) bond motifs is 3. The minimum absolute atomic E-state index is 0.209. The van der Waals surface area contributed by atoms with E-state index in [9.17, 15) is 9.59 Å². The Morgan fingerprint density at radius 1 is 0.750 bits per heavy atom. The zero-order valence-electron chi connectivity index (χ0n) is 27.1. The minimum Gasteiger partial charge on any atom is -0.481 e. The molecule has 5 heterocycles. The molecule has 0 atom stereocenters. The molecule has 1 N–H and O–H groups in total. The third-order valence-electron chi connectivity index (χ3n) is 8.29. The van der Waals surface area contributed by atoms with Gasteiger partial charge in [-0.2, -0.15) is 30.0 Å². The number of carbonyl (C=O) groups excluding carboxylic acids is 1. The van der Waals surface area contributed by atoms with Gasteiger partial charge in [0.1, 0.15) is 39.0 Å². The van der Waals surface area contributed by atoms with Crippen molar-refractivity contribution < 1.29 is 14.7 Å². The van der Waals surface area contributed by atoms with Gasteiger partial charge in [0, 0.05) is 43.9 Å². The molecule has 2 aromatic carbocycles. The molecule has 13 nitrogen and oxygen atoms in total. The van der Waals surface area contributed by atoms with Crippen molar-refractivity contribution in [3.63, 3.8) is 0 Å². The summed E-state index contributed by atoms with van der Waals surface area (Å²) in [7, 11) is 0. The van der Waals surface area contributed by atoms with Gasteiger partial charge in [-0.3, -0.25) is 9.59 Å². The number of aliphatic carboxylic acids is 1. The average Bonchev–Trinajstić information content (AvgIpc) is 3.84. The number of aryl methyl sites for hydroxylation is 3. The number of rotatable bonds is 12. The summed E-state index contributed by atoms with van der Waals surface area (Å²) in [5, 5.41) is 27.2. The summed E-state index contributed by atoms with van der Waals surface area (Å²) in [6, 6.07) is 17.8. The summed E-state index contributed by atoms with van der Waals surface area (Å²) in [5.41, 5.74) is 3.58. The van der Waals surface area contributed by atoms with Crippen molar-refractivity contribution in [3.8, 4) is 0 Å². The summed E-state index contributed by atoms with van der Waals surface area (Å²) in [4.78, 5) is 42.0. The number of nitrogens with zero attached hydrogens (tertiary/aromatic N) is 10. The zero-order valence-corrected chi connectivity index (χ0v) is 27.9. The summed E-state index contributed by atoms with van der Waals surface area (Å²) in [6.45, 7) is 6.65. The Hall–Kier alpha value is -4.98. The molecule has 0 saturated carbocycles. The molecule has 1 saturated heterocycles. The van der Waals surface area contributed by atoms with Crippen LogP contribution in [0.3, 0.4) is 0 Å². The van der Waals surface area contributed by atoms with Gasteiger partial charge in [0.05, 0.1) is 18.5 Å². The molecule has 0 radical (unpaired) electrons. The number of aromatic nitrogens is 8. The molecule has 14 heteroatoms. The van der Waals surface area contributed by atoms with Crippen LogP contribution in [0, 0.1) is 0 Å². The number of carboxylic acid groups (broad SMARTS) is 1. The second-order valence-corrected chi connectivity index (χ2v) is 12.8. The first-order valence-electron chi connectivity index (χ1n) is 16.5. The number of thiophene rings is 1. The van der Waals surface area contributed by atoms with E-state index < -0.39 is 5.97 Å². The van der Waals surface area contributed by atoms with Gasteiger partial charge < -0.3 is 14.9 Å². The fourth-order valence-corrected chi connectivity index (χ4v) is 6.64. The Morgan fingerprint density at radius 3 is 1.81 bits per heavy atom. The van der Waals surface area contributed by atoms with Crippen LogP contribution < -0.4 is 4.90 Å². The number of anilines is 1. The number of hydrogen-bond donors (Lipinski definition) is 1. The Morgan fingerprint density at radius 2 is 1.29 bits per heavy atom. The molecule has 0 spiro atoms. The molecule has 1 aliphatic rings.